The number of allylic oxidation sites excluding steroid dienone is 4. The van der Waals surface area contributed by atoms with Crippen LogP contribution in [-0.2, 0) is 30.9 Å². The Balaban J connectivity index is 0.00000180. The number of rotatable bonds is 9. The molecule has 0 spiro atoms. The van der Waals surface area contributed by atoms with E-state index >= 15 is 0 Å². The third-order valence-corrected chi connectivity index (χ3v) is 8.14. The predicted octanol–water partition coefficient (Wildman–Crippen LogP) is 7.52. The number of imidazole rings is 1. The Kier molecular flexibility index (Phi) is 9.90. The second-order valence-electron chi connectivity index (χ2n) is 10.8. The molecule has 6 nitrogen and oxygen atoms in total. The van der Waals surface area contributed by atoms with Crippen LogP contribution in [0, 0.1) is 11.3 Å². The summed E-state index contributed by atoms with van der Waals surface area (Å²) >= 11 is 0. The Morgan fingerprint density at radius 2 is 1.72 bits per heavy atom. The Hall–Kier alpha value is -4.42. The third kappa shape index (κ3) is 6.81. The van der Waals surface area contributed by atoms with Crippen LogP contribution < -0.4 is 11.1 Å². The molecule has 0 fully saturated rings. The van der Waals surface area contributed by atoms with Crippen molar-refractivity contribution in [1.82, 2.24) is 14.9 Å². The number of ether oxygens (including phenoxy) is 1. The lowest BCUT2D eigenvalue weighted by Crippen LogP contribution is -2.25. The fourth-order valence-corrected chi connectivity index (χ4v) is 5.88. The largest absolute Gasteiger partial charge is 0.493 e. The first kappa shape index (κ1) is 30.1. The molecule has 1 aliphatic carbocycles. The lowest BCUT2D eigenvalue weighted by molar-refractivity contribution is 0.182. The number of hydrogen-bond donors (Lipinski definition) is 3. The van der Waals surface area contributed by atoms with Crippen molar-refractivity contribution in [2.75, 3.05) is 12.3 Å². The van der Waals surface area contributed by atoms with Gasteiger partial charge in [-0.15, -0.1) is 0 Å². The second kappa shape index (κ2) is 14.2. The van der Waals surface area contributed by atoms with Crippen LogP contribution in [0.2, 0.25) is 0 Å². The van der Waals surface area contributed by atoms with E-state index in [4.69, 9.17) is 15.5 Å². The van der Waals surface area contributed by atoms with Gasteiger partial charge in [-0.2, -0.15) is 0 Å². The van der Waals surface area contributed by atoms with Crippen molar-refractivity contribution in [2.45, 2.75) is 59.7 Å². The molecule has 4 aromatic rings. The molecule has 1 aliphatic heterocycles. The zero-order chi connectivity index (χ0) is 30.2. The molecule has 0 amide bonds. The third-order valence-electron chi connectivity index (χ3n) is 8.14. The fraction of sp³-hybridized carbons (Fsp3) is 0.297. The highest BCUT2D eigenvalue weighted by Gasteiger charge is 2.25. The minimum atomic E-state index is 0.347. The molecule has 1 aromatic heterocycles. The molecule has 2 heterocycles. The van der Waals surface area contributed by atoms with Crippen molar-refractivity contribution in [3.05, 3.63) is 136 Å². The van der Waals surface area contributed by atoms with E-state index in [1.807, 2.05) is 50.2 Å². The summed E-state index contributed by atoms with van der Waals surface area (Å²) in [5.41, 5.74) is 15.3. The molecule has 0 radical (unpaired) electrons. The van der Waals surface area contributed by atoms with Gasteiger partial charge in [-0.3, -0.25) is 5.41 Å². The van der Waals surface area contributed by atoms with E-state index in [2.05, 4.69) is 71.4 Å². The number of anilines is 1. The highest BCUT2D eigenvalue weighted by Crippen LogP contribution is 2.37. The zero-order valence-electron chi connectivity index (χ0n) is 25.6. The molecule has 3 aromatic carbocycles. The average molecular weight is 574 g/mol. The number of benzene rings is 3. The molecular formula is C37H43N5O. The van der Waals surface area contributed by atoms with Gasteiger partial charge in [0, 0.05) is 49.4 Å². The minimum absolute atomic E-state index is 0.347. The number of nitrogens with zero attached hydrogens (tertiary/aromatic N) is 2. The molecule has 4 N–H and O–H groups in total. The summed E-state index contributed by atoms with van der Waals surface area (Å²) in [5.74, 6) is 2.03. The van der Waals surface area contributed by atoms with E-state index in [1.165, 1.54) is 22.4 Å². The van der Waals surface area contributed by atoms with Crippen molar-refractivity contribution in [3.8, 4) is 0 Å². The van der Waals surface area contributed by atoms with Crippen LogP contribution in [-0.4, -0.2) is 21.8 Å². The maximum atomic E-state index is 9.21. The van der Waals surface area contributed by atoms with Gasteiger partial charge in [0.2, 0.25) is 0 Å². The highest BCUT2D eigenvalue weighted by atomic mass is 16.5. The summed E-state index contributed by atoms with van der Waals surface area (Å²) in [7, 11) is 0. The van der Waals surface area contributed by atoms with E-state index in [-0.39, 0.29) is 0 Å². The maximum Gasteiger partial charge on any atom is 0.159 e. The lowest BCUT2D eigenvalue weighted by Gasteiger charge is -2.25. The Morgan fingerprint density at radius 1 is 1.00 bits per heavy atom. The van der Waals surface area contributed by atoms with Crippen molar-refractivity contribution in [3.63, 3.8) is 0 Å². The maximum absolute atomic E-state index is 9.21. The van der Waals surface area contributed by atoms with Crippen LogP contribution in [0.3, 0.4) is 0 Å². The monoisotopic (exact) mass is 573 g/mol. The molecule has 6 rings (SSSR count). The molecule has 43 heavy (non-hydrogen) atoms. The van der Waals surface area contributed by atoms with E-state index in [9.17, 15) is 5.41 Å². The number of nitrogens with one attached hydrogen (secondary N) is 2. The summed E-state index contributed by atoms with van der Waals surface area (Å²) in [6.07, 6.45) is 7.03. The minimum Gasteiger partial charge on any atom is -0.493 e. The van der Waals surface area contributed by atoms with Crippen LogP contribution >= 0.6 is 0 Å². The summed E-state index contributed by atoms with van der Waals surface area (Å²) in [5, 5.41) is 12.6. The Morgan fingerprint density at radius 3 is 2.42 bits per heavy atom. The van der Waals surface area contributed by atoms with Gasteiger partial charge in [-0.05, 0) is 46.7 Å². The summed E-state index contributed by atoms with van der Waals surface area (Å²) in [4.78, 5) is 4.94. The van der Waals surface area contributed by atoms with Crippen molar-refractivity contribution in [2.24, 2.45) is 5.92 Å². The van der Waals surface area contributed by atoms with Gasteiger partial charge in [0.05, 0.1) is 11.5 Å². The van der Waals surface area contributed by atoms with Crippen molar-refractivity contribution in [1.29, 1.82) is 5.41 Å². The quantitative estimate of drug-likeness (QED) is 0.143. The second-order valence-corrected chi connectivity index (χ2v) is 10.8. The molecule has 6 heteroatoms. The summed E-state index contributed by atoms with van der Waals surface area (Å²) < 4.78 is 8.35. The van der Waals surface area contributed by atoms with E-state index in [0.717, 1.165) is 49.4 Å². The number of nitrogen functional groups attached to an aromatic ring is 1. The number of fused-ring (bicyclic) bond motifs is 1. The first-order valence-electron chi connectivity index (χ1n) is 15.5. The van der Waals surface area contributed by atoms with Gasteiger partial charge < -0.3 is 20.4 Å². The molecule has 1 atom stereocenters. The smallest absolute Gasteiger partial charge is 0.159 e. The molecule has 2 aliphatic rings. The topological polar surface area (TPSA) is 89.0 Å². The van der Waals surface area contributed by atoms with Crippen molar-refractivity contribution >= 4 is 17.0 Å². The van der Waals surface area contributed by atoms with Gasteiger partial charge in [0.15, 0.2) is 5.82 Å². The first-order valence-corrected chi connectivity index (χ1v) is 15.5. The standard InChI is InChI=1S/C35H37N5O.C2H6/c1-2-26-19-28(41-23-25-11-7-4-8-12-25)14-16-29(26)27-13-15-30(31(36)20-27)34(37)35-39-32-21-38-18-17-33(32)40(35)22-24-9-5-3-6-10-24;1-2/h3-16,20,26,37-38H,2,17-19,21-23,36H2,1H3;1-2H3. The van der Waals surface area contributed by atoms with Gasteiger partial charge >= 0.3 is 0 Å². The highest BCUT2D eigenvalue weighted by molar-refractivity contribution is 6.12. The molecule has 0 bridgehead atoms. The first-order chi connectivity index (χ1) is 21.1. The number of hydrogen-bond acceptors (Lipinski definition) is 5. The molecule has 222 valence electrons. The van der Waals surface area contributed by atoms with E-state index in [1.54, 1.807) is 0 Å². The lowest BCUT2D eigenvalue weighted by atomic mass is 9.83. The van der Waals surface area contributed by atoms with Crippen LogP contribution in [0.1, 0.15) is 73.1 Å². The van der Waals surface area contributed by atoms with Gasteiger partial charge in [0.25, 0.3) is 0 Å². The van der Waals surface area contributed by atoms with Gasteiger partial charge in [0.1, 0.15) is 12.3 Å². The summed E-state index contributed by atoms with van der Waals surface area (Å²) in [6, 6.07) is 26.8. The van der Waals surface area contributed by atoms with E-state index in [0.29, 0.717) is 41.9 Å². The SMILES string of the molecule is CC.CCC1CC(OCc2ccccc2)=CC=C1c1ccc(C(=N)c2nc3c(n2Cc2ccccc2)CCNC3)c(N)c1. The van der Waals surface area contributed by atoms with E-state index < -0.39 is 0 Å². The molecular weight excluding hydrogens is 530 g/mol. The van der Waals surface area contributed by atoms with Gasteiger partial charge in [-0.1, -0.05) is 99.6 Å². The normalized spacial score (nSPS) is 15.8. The molecule has 0 saturated heterocycles. The van der Waals surface area contributed by atoms with Crippen LogP contribution in [0.5, 0.6) is 0 Å². The molecule has 0 saturated carbocycles. The predicted molar refractivity (Wildman–Crippen MR) is 177 cm³/mol. The number of aromatic nitrogens is 2. The Bertz CT molecular complexity index is 1600. The van der Waals surface area contributed by atoms with Crippen LogP contribution in [0.15, 0.2) is 96.8 Å². The van der Waals surface area contributed by atoms with Crippen molar-refractivity contribution < 1.29 is 4.74 Å². The zero-order valence-corrected chi connectivity index (χ0v) is 25.6. The fourth-order valence-electron chi connectivity index (χ4n) is 5.88. The van der Waals surface area contributed by atoms with Gasteiger partial charge in [-0.25, -0.2) is 4.98 Å². The Labute approximate surface area is 255 Å². The molecule has 1 unspecified atom stereocenters. The number of nitrogens with two attached hydrogens (primary N) is 1. The average Bonchev–Trinajstić information content (AvgIpc) is 3.43. The van der Waals surface area contributed by atoms with Crippen LogP contribution in [0.4, 0.5) is 5.69 Å². The van der Waals surface area contributed by atoms with Crippen LogP contribution in [0.25, 0.3) is 5.57 Å². The summed E-state index contributed by atoms with van der Waals surface area (Å²) in [6.45, 7) is 9.12.